The van der Waals surface area contributed by atoms with Crippen molar-refractivity contribution in [2.45, 2.75) is 70.1 Å². The van der Waals surface area contributed by atoms with Crippen LogP contribution in [0.4, 0.5) is 0 Å². The third-order valence-corrected chi connectivity index (χ3v) is 5.15. The number of hydrogen-bond donors (Lipinski definition) is 8. The van der Waals surface area contributed by atoms with Crippen molar-refractivity contribution in [1.29, 1.82) is 0 Å². The lowest BCUT2D eigenvalue weighted by atomic mass is 10.0. The van der Waals surface area contributed by atoms with Gasteiger partial charge in [0.25, 0.3) is 0 Å². The molecule has 0 fully saturated rings. The van der Waals surface area contributed by atoms with E-state index in [0.717, 1.165) is 0 Å². The maximum Gasteiger partial charge on any atom is 0.326 e. The molecule has 1 rings (SSSR count). The molecule has 200 valence electrons. The van der Waals surface area contributed by atoms with Crippen LogP contribution < -0.4 is 27.4 Å². The Morgan fingerprint density at radius 2 is 1.50 bits per heavy atom. The quantitative estimate of drug-likeness (QED) is 0.117. The average molecular weight is 512 g/mol. The van der Waals surface area contributed by atoms with Gasteiger partial charge in [-0.05, 0) is 18.8 Å². The van der Waals surface area contributed by atoms with E-state index in [1.54, 1.807) is 13.8 Å². The highest BCUT2D eigenvalue weighted by molar-refractivity contribution is 5.94. The number of amides is 4. The molecule has 1 aromatic heterocycles. The number of carbonyl (C=O) groups excluding carboxylic acids is 4. The zero-order valence-corrected chi connectivity index (χ0v) is 20.0. The molecule has 4 unspecified atom stereocenters. The Balaban J connectivity index is 3.01. The van der Waals surface area contributed by atoms with Gasteiger partial charge in [0.1, 0.15) is 18.1 Å². The lowest BCUT2D eigenvalue weighted by Gasteiger charge is -2.25. The Morgan fingerprint density at radius 1 is 0.944 bits per heavy atom. The van der Waals surface area contributed by atoms with Crippen molar-refractivity contribution < 1.29 is 39.0 Å². The molecule has 1 heterocycles. The van der Waals surface area contributed by atoms with Crippen LogP contribution in [0.25, 0.3) is 0 Å². The van der Waals surface area contributed by atoms with Crippen molar-refractivity contribution in [3.05, 3.63) is 18.2 Å². The first kappa shape index (κ1) is 30.0. The number of nitrogens with zero attached hydrogens (tertiary/aromatic N) is 1. The zero-order chi connectivity index (χ0) is 27.4. The predicted molar refractivity (Wildman–Crippen MR) is 124 cm³/mol. The lowest BCUT2D eigenvalue weighted by Crippen LogP contribution is -2.57. The van der Waals surface area contributed by atoms with E-state index < -0.39 is 72.1 Å². The van der Waals surface area contributed by atoms with Crippen LogP contribution in [-0.2, 0) is 35.2 Å². The van der Waals surface area contributed by atoms with Crippen molar-refractivity contribution in [3.63, 3.8) is 0 Å². The Kier molecular flexibility index (Phi) is 12.0. The van der Waals surface area contributed by atoms with Crippen LogP contribution in [0.3, 0.4) is 0 Å². The summed E-state index contributed by atoms with van der Waals surface area (Å²) in [5.74, 6) is -6.34. The summed E-state index contributed by atoms with van der Waals surface area (Å²) in [6, 6.07) is -5.13. The Bertz CT molecular complexity index is 935. The van der Waals surface area contributed by atoms with E-state index in [2.05, 4.69) is 25.9 Å². The van der Waals surface area contributed by atoms with Crippen LogP contribution in [-0.4, -0.2) is 79.9 Å². The third-order valence-electron chi connectivity index (χ3n) is 5.15. The largest absolute Gasteiger partial charge is 0.481 e. The van der Waals surface area contributed by atoms with Gasteiger partial charge in [-0.2, -0.15) is 0 Å². The SMILES string of the molecule is CC(C)C(NC(=O)C(CCC(=O)O)NC(=O)C(CCC(N)=O)NC(=O)C(N)Cc1cnc[nH]1)C(=O)O. The summed E-state index contributed by atoms with van der Waals surface area (Å²) in [5.41, 5.74) is 11.6. The highest BCUT2D eigenvalue weighted by Crippen LogP contribution is 2.07. The monoisotopic (exact) mass is 511 g/mol. The van der Waals surface area contributed by atoms with Gasteiger partial charge in [0.2, 0.25) is 23.6 Å². The standard InChI is InChI=1S/C21H33N7O8/c1-10(2)17(21(35)36)28-20(34)14(4-6-16(30)31)27-19(33)13(3-5-15(23)29)26-18(32)12(22)7-11-8-24-9-25-11/h8-10,12-14,17H,3-7,22H2,1-2H3,(H2,23,29)(H,24,25)(H,26,32)(H,27,33)(H,28,34)(H,30,31)(H,35,36). The van der Waals surface area contributed by atoms with E-state index >= 15 is 0 Å². The lowest BCUT2D eigenvalue weighted by molar-refractivity contribution is -0.144. The summed E-state index contributed by atoms with van der Waals surface area (Å²) < 4.78 is 0. The van der Waals surface area contributed by atoms with Gasteiger partial charge in [-0.3, -0.25) is 24.0 Å². The molecule has 0 aliphatic heterocycles. The summed E-state index contributed by atoms with van der Waals surface area (Å²) >= 11 is 0. The van der Waals surface area contributed by atoms with Crippen LogP contribution in [0.1, 0.15) is 45.2 Å². The number of carboxylic acid groups (broad SMARTS) is 2. The highest BCUT2D eigenvalue weighted by atomic mass is 16.4. The number of carboxylic acids is 2. The number of primary amides is 1. The summed E-state index contributed by atoms with van der Waals surface area (Å²) in [7, 11) is 0. The number of aliphatic carboxylic acids is 2. The van der Waals surface area contributed by atoms with Crippen molar-refractivity contribution in [1.82, 2.24) is 25.9 Å². The highest BCUT2D eigenvalue weighted by Gasteiger charge is 2.31. The molecule has 0 bridgehead atoms. The minimum atomic E-state index is -1.43. The maximum atomic E-state index is 13.0. The first-order valence-electron chi connectivity index (χ1n) is 11.2. The van der Waals surface area contributed by atoms with Gasteiger partial charge in [-0.15, -0.1) is 0 Å². The number of aromatic nitrogens is 2. The number of H-pyrrole nitrogens is 1. The van der Waals surface area contributed by atoms with Gasteiger partial charge >= 0.3 is 11.9 Å². The second-order valence-corrected chi connectivity index (χ2v) is 8.52. The van der Waals surface area contributed by atoms with Crippen LogP contribution in [0, 0.1) is 5.92 Å². The maximum absolute atomic E-state index is 13.0. The van der Waals surface area contributed by atoms with Crippen molar-refractivity contribution >= 4 is 35.6 Å². The van der Waals surface area contributed by atoms with Crippen molar-refractivity contribution in [2.75, 3.05) is 0 Å². The van der Waals surface area contributed by atoms with E-state index in [-0.39, 0.29) is 25.7 Å². The minimum Gasteiger partial charge on any atom is -0.481 e. The third kappa shape index (κ3) is 10.5. The molecule has 0 aliphatic carbocycles. The molecule has 15 heteroatoms. The molecule has 4 atom stereocenters. The van der Waals surface area contributed by atoms with Crippen LogP contribution in [0.15, 0.2) is 12.5 Å². The molecule has 0 saturated carbocycles. The number of nitrogens with two attached hydrogens (primary N) is 2. The summed E-state index contributed by atoms with van der Waals surface area (Å²) in [6.07, 6.45) is 1.58. The van der Waals surface area contributed by atoms with Crippen molar-refractivity contribution in [3.8, 4) is 0 Å². The molecular weight excluding hydrogens is 478 g/mol. The van der Waals surface area contributed by atoms with Gasteiger partial charge in [0.15, 0.2) is 0 Å². The number of hydrogen-bond acceptors (Lipinski definition) is 8. The average Bonchev–Trinajstić information content (AvgIpc) is 3.29. The normalized spacial score (nSPS) is 14.2. The van der Waals surface area contributed by atoms with Gasteiger partial charge in [0.05, 0.1) is 12.4 Å². The molecule has 0 aromatic carbocycles. The molecule has 15 nitrogen and oxygen atoms in total. The Hall–Kier alpha value is -4.01. The molecule has 1 aromatic rings. The molecule has 4 amide bonds. The van der Waals surface area contributed by atoms with E-state index in [9.17, 15) is 33.9 Å². The summed E-state index contributed by atoms with van der Waals surface area (Å²) in [4.78, 5) is 78.6. The fourth-order valence-electron chi connectivity index (χ4n) is 3.14. The zero-order valence-electron chi connectivity index (χ0n) is 20.0. The topological polar surface area (TPSA) is 260 Å². The van der Waals surface area contributed by atoms with Crippen LogP contribution in [0.2, 0.25) is 0 Å². The summed E-state index contributed by atoms with van der Waals surface area (Å²) in [5, 5.41) is 25.4. The van der Waals surface area contributed by atoms with Gasteiger partial charge in [-0.25, -0.2) is 9.78 Å². The van der Waals surface area contributed by atoms with E-state index in [0.29, 0.717) is 5.69 Å². The van der Waals surface area contributed by atoms with Crippen molar-refractivity contribution in [2.24, 2.45) is 17.4 Å². The number of imidazole rings is 1. The fraction of sp³-hybridized carbons (Fsp3) is 0.571. The molecule has 0 spiro atoms. The van der Waals surface area contributed by atoms with Gasteiger partial charge < -0.3 is 42.6 Å². The molecule has 0 aliphatic rings. The minimum absolute atomic E-state index is 0.0748. The van der Waals surface area contributed by atoms with Crippen LogP contribution >= 0.6 is 0 Å². The number of rotatable bonds is 16. The number of aromatic amines is 1. The van der Waals surface area contributed by atoms with Crippen LogP contribution in [0.5, 0.6) is 0 Å². The fourth-order valence-corrected chi connectivity index (χ4v) is 3.14. The van der Waals surface area contributed by atoms with E-state index in [1.807, 2.05) is 0 Å². The number of nitrogens with one attached hydrogen (secondary N) is 4. The Morgan fingerprint density at radius 3 is 1.97 bits per heavy atom. The number of carbonyl (C=O) groups is 6. The van der Waals surface area contributed by atoms with E-state index in [1.165, 1.54) is 12.5 Å². The van der Waals surface area contributed by atoms with Gasteiger partial charge in [0, 0.05) is 31.2 Å². The molecule has 10 N–H and O–H groups in total. The second kappa shape index (κ2) is 14.4. The molecule has 36 heavy (non-hydrogen) atoms. The first-order chi connectivity index (χ1) is 16.8. The molecule has 0 radical (unpaired) electrons. The Labute approximate surface area is 206 Å². The van der Waals surface area contributed by atoms with Gasteiger partial charge in [-0.1, -0.05) is 13.8 Å². The summed E-state index contributed by atoms with van der Waals surface area (Å²) in [6.45, 7) is 3.12. The first-order valence-corrected chi connectivity index (χ1v) is 11.2. The smallest absolute Gasteiger partial charge is 0.326 e. The predicted octanol–water partition coefficient (Wildman–Crippen LogP) is -2.40. The van der Waals surface area contributed by atoms with E-state index in [4.69, 9.17) is 16.6 Å². The molecular formula is C21H33N7O8. The molecule has 0 saturated heterocycles. The second-order valence-electron chi connectivity index (χ2n) is 8.52.